The van der Waals surface area contributed by atoms with Crippen molar-refractivity contribution in [3.05, 3.63) is 34.9 Å². The third-order valence-corrected chi connectivity index (χ3v) is 3.66. The second-order valence-corrected chi connectivity index (χ2v) is 5.59. The monoisotopic (exact) mass is 295 g/mol. The van der Waals surface area contributed by atoms with Crippen LogP contribution in [0.4, 0.5) is 0 Å². The zero-order valence-electron chi connectivity index (χ0n) is 11.4. The highest BCUT2D eigenvalue weighted by molar-refractivity contribution is 6.30. The lowest BCUT2D eigenvalue weighted by molar-refractivity contribution is -0.150. The molecule has 0 spiro atoms. The van der Waals surface area contributed by atoms with Gasteiger partial charge in [0.15, 0.2) is 6.61 Å². The van der Waals surface area contributed by atoms with Crippen molar-refractivity contribution in [2.75, 3.05) is 13.2 Å². The van der Waals surface area contributed by atoms with Crippen LogP contribution in [0.3, 0.4) is 0 Å². The first-order chi connectivity index (χ1) is 9.56. The van der Waals surface area contributed by atoms with E-state index < -0.39 is 0 Å². The van der Waals surface area contributed by atoms with Crippen LogP contribution in [0.2, 0.25) is 5.02 Å². The van der Waals surface area contributed by atoms with Gasteiger partial charge in [-0.05, 0) is 36.5 Å². The molecule has 0 aromatic heterocycles. The Bertz CT molecular complexity index is 486. The Hall–Kier alpha value is -1.55. The summed E-state index contributed by atoms with van der Waals surface area (Å²) in [6.45, 7) is 2.32. The normalized spacial score (nSPS) is 20.3. The summed E-state index contributed by atoms with van der Waals surface area (Å²) in [5.74, 6) is -0.127. The van der Waals surface area contributed by atoms with Crippen LogP contribution < -0.4 is 5.32 Å². The van der Waals surface area contributed by atoms with Crippen molar-refractivity contribution in [1.29, 1.82) is 0 Å². The minimum atomic E-state index is -0.263. The number of nitrogens with one attached hydrogen (secondary N) is 1. The Morgan fingerprint density at radius 3 is 2.60 bits per heavy atom. The van der Waals surface area contributed by atoms with Crippen LogP contribution >= 0.6 is 11.6 Å². The number of carbonyl (C=O) groups is 2. The minimum Gasteiger partial charge on any atom is -0.455 e. The zero-order chi connectivity index (χ0) is 14.5. The maximum absolute atomic E-state index is 11.5. The molecule has 1 N–H and O–H groups in total. The van der Waals surface area contributed by atoms with E-state index in [0.717, 1.165) is 18.4 Å². The highest BCUT2D eigenvalue weighted by Crippen LogP contribution is 2.38. The van der Waals surface area contributed by atoms with E-state index >= 15 is 0 Å². The zero-order valence-corrected chi connectivity index (χ0v) is 12.2. The summed E-state index contributed by atoms with van der Waals surface area (Å²) in [5.41, 5.74) is 1.10. The summed E-state index contributed by atoms with van der Waals surface area (Å²) in [5, 5.41) is 3.42. The number of ether oxygens (including phenoxy) is 1. The van der Waals surface area contributed by atoms with E-state index in [9.17, 15) is 9.59 Å². The third kappa shape index (κ3) is 4.53. The molecule has 4 nitrogen and oxygen atoms in total. The summed E-state index contributed by atoms with van der Waals surface area (Å²) in [4.78, 5) is 22.9. The van der Waals surface area contributed by atoms with Gasteiger partial charge in [0.25, 0.3) is 5.91 Å². The molecule has 5 heteroatoms. The minimum absolute atomic E-state index is 0.00290. The molecule has 1 fully saturated rings. The van der Waals surface area contributed by atoms with Crippen LogP contribution in [0.5, 0.6) is 0 Å². The van der Waals surface area contributed by atoms with Gasteiger partial charge in [-0.1, -0.05) is 30.7 Å². The van der Waals surface area contributed by atoms with Crippen LogP contribution in [0.25, 0.3) is 0 Å². The predicted molar refractivity (Wildman–Crippen MR) is 76.4 cm³/mol. The number of halogens is 1. The first-order valence-electron chi connectivity index (χ1n) is 6.74. The molecule has 0 unspecified atom stereocenters. The van der Waals surface area contributed by atoms with E-state index in [-0.39, 0.29) is 24.4 Å². The smallest absolute Gasteiger partial charge is 0.309 e. The van der Waals surface area contributed by atoms with Crippen molar-refractivity contribution in [2.45, 2.75) is 19.8 Å². The molecular formula is C15H18ClNO3. The molecule has 0 bridgehead atoms. The van der Waals surface area contributed by atoms with Crippen molar-refractivity contribution in [2.24, 2.45) is 11.8 Å². The molecule has 0 saturated heterocycles. The van der Waals surface area contributed by atoms with Crippen LogP contribution in [0, 0.1) is 11.8 Å². The van der Waals surface area contributed by atoms with E-state index in [1.54, 1.807) is 0 Å². The molecule has 1 aliphatic rings. The van der Waals surface area contributed by atoms with Crippen molar-refractivity contribution >= 4 is 23.5 Å². The molecule has 1 saturated carbocycles. The predicted octanol–water partition coefficient (Wildman–Crippen LogP) is 2.20. The molecule has 1 aromatic carbocycles. The number of benzene rings is 1. The molecule has 0 aliphatic heterocycles. The first kappa shape index (κ1) is 14.9. The van der Waals surface area contributed by atoms with Crippen LogP contribution in [-0.2, 0) is 20.7 Å². The molecular weight excluding hydrogens is 278 g/mol. The highest BCUT2D eigenvalue weighted by Gasteiger charge is 2.40. The topological polar surface area (TPSA) is 55.4 Å². The molecule has 0 heterocycles. The number of amides is 1. The lowest BCUT2D eigenvalue weighted by atomic mass is 10.1. The van der Waals surface area contributed by atoms with Crippen molar-refractivity contribution in [3.8, 4) is 0 Å². The molecule has 20 heavy (non-hydrogen) atoms. The summed E-state index contributed by atoms with van der Waals surface area (Å²) in [7, 11) is 0. The van der Waals surface area contributed by atoms with Gasteiger partial charge in [0.05, 0.1) is 5.92 Å². The third-order valence-electron chi connectivity index (χ3n) is 3.41. The fraction of sp³-hybridized carbons (Fsp3) is 0.467. The van der Waals surface area contributed by atoms with Crippen molar-refractivity contribution < 1.29 is 14.3 Å². The number of hydrogen-bond donors (Lipinski definition) is 1. The van der Waals surface area contributed by atoms with Gasteiger partial charge in [0, 0.05) is 11.6 Å². The quantitative estimate of drug-likeness (QED) is 0.819. The van der Waals surface area contributed by atoms with Gasteiger partial charge in [-0.2, -0.15) is 0 Å². The van der Waals surface area contributed by atoms with Gasteiger partial charge in [-0.3, -0.25) is 9.59 Å². The van der Waals surface area contributed by atoms with Crippen LogP contribution in [-0.4, -0.2) is 25.0 Å². The second-order valence-electron chi connectivity index (χ2n) is 5.15. The number of carbonyl (C=O) groups excluding carboxylic acids is 2. The molecule has 2 atom stereocenters. The fourth-order valence-corrected chi connectivity index (χ4v) is 2.07. The van der Waals surface area contributed by atoms with E-state index in [4.69, 9.17) is 16.3 Å². The van der Waals surface area contributed by atoms with Gasteiger partial charge in [0.2, 0.25) is 0 Å². The van der Waals surface area contributed by atoms with E-state index in [2.05, 4.69) is 5.32 Å². The Labute approximate surface area is 123 Å². The molecule has 1 aliphatic carbocycles. The van der Waals surface area contributed by atoms with E-state index in [1.165, 1.54) is 0 Å². The Morgan fingerprint density at radius 1 is 1.35 bits per heavy atom. The van der Waals surface area contributed by atoms with Crippen molar-refractivity contribution in [1.82, 2.24) is 5.32 Å². The van der Waals surface area contributed by atoms with Crippen LogP contribution in [0.15, 0.2) is 24.3 Å². The Morgan fingerprint density at radius 2 is 2.00 bits per heavy atom. The standard InChI is InChI=1S/C15H18ClNO3/c1-10-8-13(10)15(19)20-9-14(18)17-7-6-11-2-4-12(16)5-3-11/h2-5,10,13H,6-9H2,1H3,(H,17,18)/t10-,13-/m0/s1. The summed E-state index contributed by atoms with van der Waals surface area (Å²) in [6.07, 6.45) is 1.59. The maximum atomic E-state index is 11.5. The molecule has 1 amide bonds. The van der Waals surface area contributed by atoms with E-state index in [0.29, 0.717) is 17.5 Å². The lowest BCUT2D eigenvalue weighted by Gasteiger charge is -2.06. The molecule has 0 radical (unpaired) electrons. The van der Waals surface area contributed by atoms with Gasteiger partial charge in [-0.25, -0.2) is 0 Å². The SMILES string of the molecule is C[C@H]1C[C@@H]1C(=O)OCC(=O)NCCc1ccc(Cl)cc1. The summed E-state index contributed by atoms with van der Waals surface area (Å²) < 4.78 is 4.95. The number of hydrogen-bond acceptors (Lipinski definition) is 3. The molecule has 1 aromatic rings. The van der Waals surface area contributed by atoms with Gasteiger partial charge in [0.1, 0.15) is 0 Å². The lowest BCUT2D eigenvalue weighted by Crippen LogP contribution is -2.30. The average molecular weight is 296 g/mol. The Balaban J connectivity index is 1.60. The van der Waals surface area contributed by atoms with E-state index in [1.807, 2.05) is 31.2 Å². The largest absolute Gasteiger partial charge is 0.455 e. The number of rotatable bonds is 6. The average Bonchev–Trinajstić information content (AvgIpc) is 3.15. The van der Waals surface area contributed by atoms with Crippen molar-refractivity contribution in [3.63, 3.8) is 0 Å². The van der Waals surface area contributed by atoms with Gasteiger partial charge in [-0.15, -0.1) is 0 Å². The fourth-order valence-electron chi connectivity index (χ4n) is 1.94. The van der Waals surface area contributed by atoms with Crippen LogP contribution in [0.1, 0.15) is 18.9 Å². The maximum Gasteiger partial charge on any atom is 0.309 e. The highest BCUT2D eigenvalue weighted by atomic mass is 35.5. The summed E-state index contributed by atoms with van der Waals surface area (Å²) >= 11 is 5.79. The van der Waals surface area contributed by atoms with Gasteiger partial charge < -0.3 is 10.1 Å². The second kappa shape index (κ2) is 6.75. The summed E-state index contributed by atoms with van der Waals surface area (Å²) in [6, 6.07) is 7.47. The van der Waals surface area contributed by atoms with Gasteiger partial charge >= 0.3 is 5.97 Å². The molecule has 108 valence electrons. The number of esters is 1. The first-order valence-corrected chi connectivity index (χ1v) is 7.12. The Kier molecular flexibility index (Phi) is 5.01. The molecule has 2 rings (SSSR count).